The number of hydrogen-bond donors (Lipinski definition) is 2. The van der Waals surface area contributed by atoms with Gasteiger partial charge in [-0.25, -0.2) is 15.4 Å². The summed E-state index contributed by atoms with van der Waals surface area (Å²) in [5, 5.41) is 18.6. The van der Waals surface area contributed by atoms with E-state index in [2.05, 4.69) is 25.8 Å². The molecule has 1 aliphatic carbocycles. The Morgan fingerprint density at radius 2 is 2.03 bits per heavy atom. The average molecular weight is 410 g/mol. The van der Waals surface area contributed by atoms with E-state index in [1.54, 1.807) is 23.5 Å². The van der Waals surface area contributed by atoms with Crippen molar-refractivity contribution >= 4 is 45.2 Å². The normalized spacial score (nSPS) is 13.4. The van der Waals surface area contributed by atoms with Crippen LogP contribution in [0.4, 0.5) is 11.5 Å². The number of carbonyl (C=O) groups is 1. The third-order valence-corrected chi connectivity index (χ3v) is 5.87. The molecular weight excluding hydrogens is 392 g/mol. The van der Waals surface area contributed by atoms with E-state index < -0.39 is 4.92 Å². The molecule has 10 heteroatoms. The molecule has 4 rings (SSSR count). The first kappa shape index (κ1) is 18.9. The first-order chi connectivity index (χ1) is 14.1. The monoisotopic (exact) mass is 410 g/mol. The molecule has 3 aromatic rings. The molecule has 1 aliphatic rings. The zero-order chi connectivity index (χ0) is 20.2. The second kappa shape index (κ2) is 8.31. The van der Waals surface area contributed by atoms with E-state index in [0.29, 0.717) is 11.4 Å². The molecule has 0 atom stereocenters. The van der Waals surface area contributed by atoms with Gasteiger partial charge in [-0.3, -0.25) is 14.9 Å². The molecule has 0 saturated carbocycles. The number of amides is 1. The topological polar surface area (TPSA) is 122 Å². The Morgan fingerprint density at radius 3 is 2.83 bits per heavy atom. The third kappa shape index (κ3) is 4.21. The minimum absolute atomic E-state index is 0.00201. The van der Waals surface area contributed by atoms with Crippen molar-refractivity contribution < 1.29 is 9.72 Å². The van der Waals surface area contributed by atoms with Crippen molar-refractivity contribution in [1.82, 2.24) is 15.4 Å². The molecule has 0 aliphatic heterocycles. The summed E-state index contributed by atoms with van der Waals surface area (Å²) in [6.45, 7) is 0.0222. The molecule has 0 radical (unpaired) electrons. The molecular formula is C19H18N6O3S. The molecule has 29 heavy (non-hydrogen) atoms. The number of nitrogens with one attached hydrogen (secondary N) is 2. The second-order valence-electron chi connectivity index (χ2n) is 6.61. The molecule has 0 bridgehead atoms. The van der Waals surface area contributed by atoms with Crippen molar-refractivity contribution in [3.63, 3.8) is 0 Å². The highest BCUT2D eigenvalue weighted by Crippen LogP contribution is 2.37. The lowest BCUT2D eigenvalue weighted by molar-refractivity contribution is -0.384. The number of benzene rings is 1. The highest BCUT2D eigenvalue weighted by atomic mass is 32.1. The highest BCUT2D eigenvalue weighted by molar-refractivity contribution is 7.19. The number of anilines is 1. The molecule has 9 nitrogen and oxygen atoms in total. The van der Waals surface area contributed by atoms with E-state index in [0.717, 1.165) is 29.5 Å². The molecule has 148 valence electrons. The van der Waals surface area contributed by atoms with Crippen LogP contribution in [-0.4, -0.2) is 33.6 Å². The van der Waals surface area contributed by atoms with E-state index in [-0.39, 0.29) is 18.1 Å². The van der Waals surface area contributed by atoms with Crippen LogP contribution in [0.1, 0.15) is 28.8 Å². The number of fused-ring (bicyclic) bond motifs is 3. The first-order valence-corrected chi connectivity index (χ1v) is 9.99. The number of nitro groups is 1. The van der Waals surface area contributed by atoms with E-state index >= 15 is 0 Å². The maximum Gasteiger partial charge on any atom is 0.269 e. The van der Waals surface area contributed by atoms with Crippen molar-refractivity contribution in [3.8, 4) is 0 Å². The summed E-state index contributed by atoms with van der Waals surface area (Å²) < 4.78 is 0. The van der Waals surface area contributed by atoms with Crippen LogP contribution in [0.2, 0.25) is 0 Å². The second-order valence-corrected chi connectivity index (χ2v) is 7.69. The summed E-state index contributed by atoms with van der Waals surface area (Å²) in [7, 11) is 0. The van der Waals surface area contributed by atoms with Gasteiger partial charge in [0.1, 0.15) is 17.0 Å². The van der Waals surface area contributed by atoms with Gasteiger partial charge in [0.15, 0.2) is 0 Å². The van der Waals surface area contributed by atoms with Crippen LogP contribution in [-0.2, 0) is 17.6 Å². The van der Waals surface area contributed by atoms with Crippen molar-refractivity contribution in [2.45, 2.75) is 25.7 Å². The molecule has 0 unspecified atom stereocenters. The number of nitrogens with zero attached hydrogens (tertiary/aromatic N) is 4. The number of nitro benzene ring substituents is 1. The number of hydrogen-bond acceptors (Lipinski definition) is 8. The van der Waals surface area contributed by atoms with Gasteiger partial charge >= 0.3 is 0 Å². The lowest BCUT2D eigenvalue weighted by Crippen LogP contribution is -2.26. The van der Waals surface area contributed by atoms with Gasteiger partial charge in [0.05, 0.1) is 23.1 Å². The van der Waals surface area contributed by atoms with Crippen LogP contribution >= 0.6 is 11.3 Å². The third-order valence-electron chi connectivity index (χ3n) is 4.67. The predicted molar refractivity (Wildman–Crippen MR) is 111 cm³/mol. The summed E-state index contributed by atoms with van der Waals surface area (Å²) in [5.41, 5.74) is 4.38. The number of aromatic nitrogens is 2. The van der Waals surface area contributed by atoms with E-state index in [1.807, 2.05) is 0 Å². The predicted octanol–water partition coefficient (Wildman–Crippen LogP) is 3.04. The van der Waals surface area contributed by atoms with Crippen LogP contribution in [0.5, 0.6) is 0 Å². The van der Waals surface area contributed by atoms with Gasteiger partial charge in [-0.15, -0.1) is 11.3 Å². The van der Waals surface area contributed by atoms with Gasteiger partial charge in [-0.05, 0) is 48.9 Å². The standard InChI is InChI=1S/C19H18N6O3S/c26-16(24-23-9-12-5-7-13(8-6-12)25(27)28)10-20-18-17-14-3-1-2-4-15(14)29-19(17)22-11-21-18/h5-9,11H,1-4,10H2,(H,24,26)(H,20,21,22). The number of rotatable bonds is 6. The molecule has 0 fully saturated rings. The van der Waals surface area contributed by atoms with E-state index in [9.17, 15) is 14.9 Å². The van der Waals surface area contributed by atoms with Gasteiger partial charge in [-0.1, -0.05) is 0 Å². The van der Waals surface area contributed by atoms with Crippen LogP contribution in [0.15, 0.2) is 35.7 Å². The summed E-state index contributed by atoms with van der Waals surface area (Å²) in [4.78, 5) is 33.3. The van der Waals surface area contributed by atoms with Gasteiger partial charge in [-0.2, -0.15) is 5.10 Å². The molecule has 1 amide bonds. The molecule has 2 N–H and O–H groups in total. The lowest BCUT2D eigenvalue weighted by Gasteiger charge is -2.12. The average Bonchev–Trinajstić information content (AvgIpc) is 3.12. The Morgan fingerprint density at radius 1 is 1.24 bits per heavy atom. The number of non-ortho nitro benzene ring substituents is 1. The van der Waals surface area contributed by atoms with Crippen molar-refractivity contribution in [2.75, 3.05) is 11.9 Å². The fourth-order valence-corrected chi connectivity index (χ4v) is 4.52. The first-order valence-electron chi connectivity index (χ1n) is 9.17. The Hall–Kier alpha value is -3.40. The minimum Gasteiger partial charge on any atom is -0.360 e. The summed E-state index contributed by atoms with van der Waals surface area (Å²) in [6.07, 6.45) is 7.39. The number of hydrazone groups is 1. The maximum atomic E-state index is 12.1. The molecule has 0 spiro atoms. The summed E-state index contributed by atoms with van der Waals surface area (Å²) in [6, 6.07) is 5.88. The Labute approximate surface area is 170 Å². The van der Waals surface area contributed by atoms with E-state index in [4.69, 9.17) is 0 Å². The molecule has 2 heterocycles. The Kier molecular flexibility index (Phi) is 5.43. The summed E-state index contributed by atoms with van der Waals surface area (Å²) in [5.74, 6) is 0.350. The number of carbonyl (C=O) groups excluding carboxylic acids is 1. The zero-order valence-corrected chi connectivity index (χ0v) is 16.2. The van der Waals surface area contributed by atoms with Crippen LogP contribution in [0.3, 0.4) is 0 Å². The lowest BCUT2D eigenvalue weighted by atomic mass is 9.97. The van der Waals surface area contributed by atoms with Crippen LogP contribution < -0.4 is 10.7 Å². The van der Waals surface area contributed by atoms with Crippen LogP contribution in [0, 0.1) is 10.1 Å². The van der Waals surface area contributed by atoms with Gasteiger partial charge in [0.2, 0.25) is 0 Å². The fourth-order valence-electron chi connectivity index (χ4n) is 3.29. The van der Waals surface area contributed by atoms with Crippen molar-refractivity contribution in [2.24, 2.45) is 5.10 Å². The number of aryl methyl sites for hydroxylation is 2. The molecule has 1 aromatic carbocycles. The van der Waals surface area contributed by atoms with Crippen molar-refractivity contribution in [1.29, 1.82) is 0 Å². The van der Waals surface area contributed by atoms with Crippen LogP contribution in [0.25, 0.3) is 10.2 Å². The van der Waals surface area contributed by atoms with E-state index in [1.165, 1.54) is 41.5 Å². The van der Waals surface area contributed by atoms with Gasteiger partial charge in [0.25, 0.3) is 11.6 Å². The Balaban J connectivity index is 1.37. The maximum absolute atomic E-state index is 12.1. The fraction of sp³-hybridized carbons (Fsp3) is 0.263. The highest BCUT2D eigenvalue weighted by Gasteiger charge is 2.19. The zero-order valence-electron chi connectivity index (χ0n) is 15.4. The molecule has 0 saturated heterocycles. The molecule has 2 aromatic heterocycles. The number of thiophene rings is 1. The SMILES string of the molecule is O=C(CNc1ncnc2sc3c(c12)CCCC3)NN=Cc1ccc([N+](=O)[O-])cc1. The quantitative estimate of drug-likeness (QED) is 0.366. The smallest absolute Gasteiger partial charge is 0.269 e. The largest absolute Gasteiger partial charge is 0.360 e. The Bertz CT molecular complexity index is 1090. The van der Waals surface area contributed by atoms with Crippen molar-refractivity contribution in [3.05, 3.63) is 56.7 Å². The van der Waals surface area contributed by atoms with Gasteiger partial charge in [0, 0.05) is 17.0 Å². The minimum atomic E-state index is -0.469. The summed E-state index contributed by atoms with van der Waals surface area (Å²) >= 11 is 1.71. The van der Waals surface area contributed by atoms with Gasteiger partial charge < -0.3 is 5.32 Å².